The molecule has 2 atom stereocenters. The van der Waals surface area contributed by atoms with E-state index < -0.39 is 5.79 Å². The second kappa shape index (κ2) is 4.94. The fraction of sp³-hybridized carbons (Fsp3) is 1.00. The Balaban J connectivity index is 2.23. The van der Waals surface area contributed by atoms with E-state index in [1.807, 2.05) is 6.92 Å². The van der Waals surface area contributed by atoms with Crippen LogP contribution in [0.4, 0.5) is 0 Å². The SMILES string of the molecule is CCCCCC1(C)OCC(CO)O1. The molecular weight excluding hydrogens is 168 g/mol. The van der Waals surface area contributed by atoms with Gasteiger partial charge in [-0.15, -0.1) is 0 Å². The molecule has 1 rings (SSSR count). The summed E-state index contributed by atoms with van der Waals surface area (Å²) in [6, 6.07) is 0. The molecule has 1 fully saturated rings. The average molecular weight is 188 g/mol. The van der Waals surface area contributed by atoms with E-state index in [0.717, 1.165) is 12.8 Å². The Bertz CT molecular complexity index is 149. The molecule has 78 valence electrons. The van der Waals surface area contributed by atoms with Crippen molar-refractivity contribution in [2.45, 2.75) is 51.4 Å². The number of aliphatic hydroxyl groups is 1. The highest BCUT2D eigenvalue weighted by molar-refractivity contribution is 4.74. The van der Waals surface area contributed by atoms with Gasteiger partial charge in [0, 0.05) is 6.42 Å². The van der Waals surface area contributed by atoms with Gasteiger partial charge in [0.25, 0.3) is 0 Å². The number of unbranched alkanes of at least 4 members (excludes halogenated alkanes) is 2. The maximum Gasteiger partial charge on any atom is 0.166 e. The molecule has 0 aromatic carbocycles. The van der Waals surface area contributed by atoms with E-state index in [2.05, 4.69) is 6.92 Å². The number of hydrogen-bond donors (Lipinski definition) is 1. The quantitative estimate of drug-likeness (QED) is 0.667. The van der Waals surface area contributed by atoms with Crippen LogP contribution in [0.3, 0.4) is 0 Å². The Morgan fingerprint density at radius 3 is 2.77 bits per heavy atom. The van der Waals surface area contributed by atoms with Gasteiger partial charge in [0.2, 0.25) is 0 Å². The molecule has 0 aliphatic carbocycles. The highest BCUT2D eigenvalue weighted by Gasteiger charge is 2.35. The van der Waals surface area contributed by atoms with E-state index in [9.17, 15) is 0 Å². The van der Waals surface area contributed by atoms with Gasteiger partial charge in [-0.3, -0.25) is 0 Å². The molecule has 1 aliphatic heterocycles. The summed E-state index contributed by atoms with van der Waals surface area (Å²) in [7, 11) is 0. The van der Waals surface area contributed by atoms with Gasteiger partial charge < -0.3 is 14.6 Å². The minimum Gasteiger partial charge on any atom is -0.394 e. The van der Waals surface area contributed by atoms with Crippen LogP contribution < -0.4 is 0 Å². The van der Waals surface area contributed by atoms with Gasteiger partial charge in [-0.1, -0.05) is 19.8 Å². The topological polar surface area (TPSA) is 38.7 Å². The lowest BCUT2D eigenvalue weighted by Gasteiger charge is -2.22. The van der Waals surface area contributed by atoms with Crippen LogP contribution in [0.1, 0.15) is 39.5 Å². The van der Waals surface area contributed by atoms with Gasteiger partial charge >= 0.3 is 0 Å². The van der Waals surface area contributed by atoms with E-state index in [1.165, 1.54) is 12.8 Å². The monoisotopic (exact) mass is 188 g/mol. The lowest BCUT2D eigenvalue weighted by atomic mass is 10.1. The maximum atomic E-state index is 8.86. The molecular formula is C10H20O3. The van der Waals surface area contributed by atoms with Crippen molar-refractivity contribution in [3.63, 3.8) is 0 Å². The van der Waals surface area contributed by atoms with Crippen molar-refractivity contribution in [3.8, 4) is 0 Å². The van der Waals surface area contributed by atoms with Crippen LogP contribution in [0.25, 0.3) is 0 Å². The van der Waals surface area contributed by atoms with Crippen LogP contribution in [0.15, 0.2) is 0 Å². The molecule has 0 spiro atoms. The first-order chi connectivity index (χ1) is 6.20. The zero-order valence-corrected chi connectivity index (χ0v) is 8.58. The summed E-state index contributed by atoms with van der Waals surface area (Å²) >= 11 is 0. The van der Waals surface area contributed by atoms with Crippen molar-refractivity contribution in [1.29, 1.82) is 0 Å². The Hall–Kier alpha value is -0.120. The fourth-order valence-corrected chi connectivity index (χ4v) is 1.61. The molecule has 0 bridgehead atoms. The first kappa shape index (κ1) is 11.0. The molecule has 0 aromatic rings. The molecule has 13 heavy (non-hydrogen) atoms. The summed E-state index contributed by atoms with van der Waals surface area (Å²) < 4.78 is 11.1. The van der Waals surface area contributed by atoms with Crippen molar-refractivity contribution in [3.05, 3.63) is 0 Å². The molecule has 1 aliphatic rings. The summed E-state index contributed by atoms with van der Waals surface area (Å²) in [5.41, 5.74) is 0. The third-order valence-corrected chi connectivity index (χ3v) is 2.43. The minimum absolute atomic E-state index is 0.0589. The van der Waals surface area contributed by atoms with Crippen LogP contribution >= 0.6 is 0 Å². The van der Waals surface area contributed by atoms with Crippen LogP contribution in [0.5, 0.6) is 0 Å². The van der Waals surface area contributed by atoms with Gasteiger partial charge in [0.05, 0.1) is 13.2 Å². The van der Waals surface area contributed by atoms with E-state index in [0.29, 0.717) is 6.61 Å². The van der Waals surface area contributed by atoms with Crippen LogP contribution in [0.2, 0.25) is 0 Å². The largest absolute Gasteiger partial charge is 0.394 e. The van der Waals surface area contributed by atoms with Gasteiger partial charge in [-0.05, 0) is 13.3 Å². The van der Waals surface area contributed by atoms with Gasteiger partial charge in [-0.2, -0.15) is 0 Å². The maximum absolute atomic E-state index is 8.86. The lowest BCUT2D eigenvalue weighted by molar-refractivity contribution is -0.162. The molecule has 1 N–H and O–H groups in total. The molecule has 1 saturated heterocycles. The van der Waals surface area contributed by atoms with Gasteiger partial charge in [0.15, 0.2) is 5.79 Å². The van der Waals surface area contributed by atoms with Crippen LogP contribution in [-0.4, -0.2) is 30.2 Å². The van der Waals surface area contributed by atoms with E-state index in [4.69, 9.17) is 14.6 Å². The van der Waals surface area contributed by atoms with E-state index in [1.54, 1.807) is 0 Å². The molecule has 2 unspecified atom stereocenters. The predicted molar refractivity (Wildman–Crippen MR) is 50.5 cm³/mol. The van der Waals surface area contributed by atoms with E-state index >= 15 is 0 Å². The number of rotatable bonds is 5. The molecule has 1 heterocycles. The molecule has 3 heteroatoms. The minimum atomic E-state index is -0.442. The summed E-state index contributed by atoms with van der Waals surface area (Å²) in [4.78, 5) is 0. The zero-order valence-electron chi connectivity index (χ0n) is 8.58. The Morgan fingerprint density at radius 2 is 2.23 bits per heavy atom. The van der Waals surface area contributed by atoms with Gasteiger partial charge in [-0.25, -0.2) is 0 Å². The summed E-state index contributed by atoms with van der Waals surface area (Å²) in [5, 5.41) is 8.86. The Kier molecular flexibility index (Phi) is 4.16. The third kappa shape index (κ3) is 3.25. The van der Waals surface area contributed by atoms with Crippen molar-refractivity contribution in [2.24, 2.45) is 0 Å². The highest BCUT2D eigenvalue weighted by Crippen LogP contribution is 2.28. The Morgan fingerprint density at radius 1 is 1.46 bits per heavy atom. The average Bonchev–Trinajstić information content (AvgIpc) is 2.49. The van der Waals surface area contributed by atoms with Crippen molar-refractivity contribution in [1.82, 2.24) is 0 Å². The van der Waals surface area contributed by atoms with Gasteiger partial charge in [0.1, 0.15) is 6.10 Å². The predicted octanol–water partition coefficient (Wildman–Crippen LogP) is 1.69. The summed E-state index contributed by atoms with van der Waals surface area (Å²) in [6.45, 7) is 4.72. The lowest BCUT2D eigenvalue weighted by Crippen LogP contribution is -2.27. The molecule has 0 radical (unpaired) electrons. The Labute approximate surface area is 80.0 Å². The first-order valence-corrected chi connectivity index (χ1v) is 5.13. The molecule has 0 amide bonds. The number of aliphatic hydroxyl groups excluding tert-OH is 1. The highest BCUT2D eigenvalue weighted by atomic mass is 16.7. The summed E-state index contributed by atoms with van der Waals surface area (Å²) in [6.07, 6.45) is 4.36. The molecule has 0 saturated carbocycles. The number of hydrogen-bond acceptors (Lipinski definition) is 3. The van der Waals surface area contributed by atoms with E-state index in [-0.39, 0.29) is 12.7 Å². The smallest absolute Gasteiger partial charge is 0.166 e. The fourth-order valence-electron chi connectivity index (χ4n) is 1.61. The standard InChI is InChI=1S/C10H20O3/c1-3-4-5-6-10(2)12-8-9(7-11)13-10/h9,11H,3-8H2,1-2H3. The van der Waals surface area contributed by atoms with Crippen LogP contribution in [-0.2, 0) is 9.47 Å². The van der Waals surface area contributed by atoms with Crippen LogP contribution in [0, 0.1) is 0 Å². The molecule has 0 aromatic heterocycles. The molecule has 3 nitrogen and oxygen atoms in total. The second-order valence-electron chi connectivity index (χ2n) is 3.82. The first-order valence-electron chi connectivity index (χ1n) is 5.13. The van der Waals surface area contributed by atoms with Crippen molar-refractivity contribution >= 4 is 0 Å². The number of ether oxygens (including phenoxy) is 2. The summed E-state index contributed by atoms with van der Waals surface area (Å²) in [5.74, 6) is -0.442. The van der Waals surface area contributed by atoms with Crippen molar-refractivity contribution in [2.75, 3.05) is 13.2 Å². The van der Waals surface area contributed by atoms with Crippen molar-refractivity contribution < 1.29 is 14.6 Å². The third-order valence-electron chi connectivity index (χ3n) is 2.43. The normalized spacial score (nSPS) is 33.9. The zero-order chi connectivity index (χ0) is 9.73. The second-order valence-corrected chi connectivity index (χ2v) is 3.82.